The van der Waals surface area contributed by atoms with Crippen LogP contribution in [0.1, 0.15) is 31.9 Å². The summed E-state index contributed by atoms with van der Waals surface area (Å²) >= 11 is 0. The highest BCUT2D eigenvalue weighted by atomic mass is 16.3. The van der Waals surface area contributed by atoms with Crippen LogP contribution in [0.25, 0.3) is 5.69 Å². The number of hydrogen-bond acceptors (Lipinski definition) is 2. The largest absolute Gasteiger partial charge is 0.492 e. The van der Waals surface area contributed by atoms with Crippen LogP contribution in [0.15, 0.2) is 30.5 Å². The first kappa shape index (κ1) is 11.7. The Morgan fingerprint density at radius 1 is 1.24 bits per heavy atom. The number of rotatable bonds is 1. The molecule has 2 rings (SSSR count). The average Bonchev–Trinajstić information content (AvgIpc) is 2.60. The van der Waals surface area contributed by atoms with E-state index in [1.54, 1.807) is 4.68 Å². The molecule has 0 unspecified atom stereocenters. The predicted molar refractivity (Wildman–Crippen MR) is 68.7 cm³/mol. The molecular weight excluding hydrogens is 212 g/mol. The van der Waals surface area contributed by atoms with Crippen LogP contribution in [0.4, 0.5) is 0 Å². The van der Waals surface area contributed by atoms with Gasteiger partial charge in [0, 0.05) is 11.8 Å². The van der Waals surface area contributed by atoms with Crippen LogP contribution < -0.4 is 0 Å². The minimum atomic E-state index is -0.105. The van der Waals surface area contributed by atoms with Gasteiger partial charge in [-0.15, -0.1) is 5.10 Å². The molecular formula is C14H18N2O. The lowest BCUT2D eigenvalue weighted by molar-refractivity contribution is 0.427. The van der Waals surface area contributed by atoms with E-state index in [9.17, 15) is 5.11 Å². The van der Waals surface area contributed by atoms with Crippen LogP contribution in [0, 0.1) is 6.92 Å². The Hall–Kier alpha value is -1.77. The van der Waals surface area contributed by atoms with Crippen LogP contribution in [-0.4, -0.2) is 14.9 Å². The molecule has 3 nitrogen and oxygen atoms in total. The molecule has 90 valence electrons. The van der Waals surface area contributed by atoms with Crippen molar-refractivity contribution < 1.29 is 5.11 Å². The number of nitrogens with zero attached hydrogens (tertiary/aromatic N) is 2. The maximum absolute atomic E-state index is 9.87. The minimum absolute atomic E-state index is 0.105. The monoisotopic (exact) mass is 230 g/mol. The number of benzene rings is 1. The van der Waals surface area contributed by atoms with E-state index in [1.807, 2.05) is 37.4 Å². The second kappa shape index (κ2) is 3.91. The molecule has 0 saturated carbocycles. The fourth-order valence-electron chi connectivity index (χ4n) is 1.80. The van der Waals surface area contributed by atoms with Crippen molar-refractivity contribution in [3.8, 4) is 11.6 Å². The van der Waals surface area contributed by atoms with Crippen molar-refractivity contribution in [2.45, 2.75) is 33.1 Å². The van der Waals surface area contributed by atoms with Gasteiger partial charge in [0.15, 0.2) is 0 Å². The lowest BCUT2D eigenvalue weighted by Crippen LogP contribution is -2.10. The SMILES string of the molecule is Cc1cccc(-n2cc(C(C)(C)C)c(O)n2)c1. The van der Waals surface area contributed by atoms with Crippen molar-refractivity contribution in [2.75, 3.05) is 0 Å². The van der Waals surface area contributed by atoms with E-state index in [1.165, 1.54) is 5.56 Å². The summed E-state index contributed by atoms with van der Waals surface area (Å²) in [5.74, 6) is 0.110. The second-order valence-corrected chi connectivity index (χ2v) is 5.40. The highest BCUT2D eigenvalue weighted by Crippen LogP contribution is 2.30. The molecule has 1 heterocycles. The quantitative estimate of drug-likeness (QED) is 0.817. The van der Waals surface area contributed by atoms with Crippen molar-refractivity contribution in [3.05, 3.63) is 41.6 Å². The highest BCUT2D eigenvalue weighted by molar-refractivity contribution is 5.38. The summed E-state index contributed by atoms with van der Waals surface area (Å²) in [7, 11) is 0. The zero-order valence-corrected chi connectivity index (χ0v) is 10.7. The first-order chi connectivity index (χ1) is 7.88. The van der Waals surface area contributed by atoms with Crippen molar-refractivity contribution >= 4 is 0 Å². The molecule has 0 aliphatic heterocycles. The average molecular weight is 230 g/mol. The molecule has 0 aliphatic carbocycles. The van der Waals surface area contributed by atoms with Crippen molar-refractivity contribution in [1.82, 2.24) is 9.78 Å². The molecule has 0 radical (unpaired) electrons. The third-order valence-corrected chi connectivity index (χ3v) is 2.77. The van der Waals surface area contributed by atoms with Crippen molar-refractivity contribution in [3.63, 3.8) is 0 Å². The van der Waals surface area contributed by atoms with E-state index < -0.39 is 0 Å². The molecule has 0 fully saturated rings. The normalized spacial score (nSPS) is 11.8. The van der Waals surface area contributed by atoms with E-state index >= 15 is 0 Å². The molecule has 17 heavy (non-hydrogen) atoms. The van der Waals surface area contributed by atoms with E-state index in [0.29, 0.717) is 0 Å². The number of hydrogen-bond donors (Lipinski definition) is 1. The van der Waals surface area contributed by atoms with Crippen LogP contribution in [0.5, 0.6) is 5.88 Å². The summed E-state index contributed by atoms with van der Waals surface area (Å²) in [4.78, 5) is 0. The van der Waals surface area contributed by atoms with Crippen LogP contribution in [0.2, 0.25) is 0 Å². The van der Waals surface area contributed by atoms with E-state index in [4.69, 9.17) is 0 Å². The van der Waals surface area contributed by atoms with Crippen molar-refractivity contribution in [2.24, 2.45) is 0 Å². The predicted octanol–water partition coefficient (Wildman–Crippen LogP) is 3.18. The van der Waals surface area contributed by atoms with Gasteiger partial charge in [-0.25, -0.2) is 4.68 Å². The molecule has 3 heteroatoms. The number of aryl methyl sites for hydroxylation is 1. The number of aromatic hydroxyl groups is 1. The Labute approximate surface area is 102 Å². The van der Waals surface area contributed by atoms with Gasteiger partial charge in [0.2, 0.25) is 5.88 Å². The minimum Gasteiger partial charge on any atom is -0.492 e. The zero-order chi connectivity index (χ0) is 12.6. The van der Waals surface area contributed by atoms with E-state index in [2.05, 4.69) is 25.9 Å². The maximum atomic E-state index is 9.87. The fourth-order valence-corrected chi connectivity index (χ4v) is 1.80. The Balaban J connectivity index is 2.49. The first-order valence-corrected chi connectivity index (χ1v) is 5.74. The van der Waals surface area contributed by atoms with Crippen LogP contribution >= 0.6 is 0 Å². The fraction of sp³-hybridized carbons (Fsp3) is 0.357. The second-order valence-electron chi connectivity index (χ2n) is 5.40. The van der Waals surface area contributed by atoms with Gasteiger partial charge in [-0.1, -0.05) is 32.9 Å². The lowest BCUT2D eigenvalue weighted by Gasteiger charge is -2.15. The van der Waals surface area contributed by atoms with Gasteiger partial charge in [0.25, 0.3) is 0 Å². The molecule has 1 N–H and O–H groups in total. The highest BCUT2D eigenvalue weighted by Gasteiger charge is 2.21. The molecule has 0 bridgehead atoms. The van der Waals surface area contributed by atoms with Gasteiger partial charge in [-0.2, -0.15) is 0 Å². The van der Waals surface area contributed by atoms with Gasteiger partial charge in [-0.05, 0) is 30.0 Å². The third kappa shape index (κ3) is 2.33. The van der Waals surface area contributed by atoms with E-state index in [0.717, 1.165) is 11.3 Å². The van der Waals surface area contributed by atoms with Gasteiger partial charge in [-0.3, -0.25) is 0 Å². The molecule has 0 aliphatic rings. The summed E-state index contributed by atoms with van der Waals surface area (Å²) in [6.45, 7) is 8.22. The lowest BCUT2D eigenvalue weighted by atomic mass is 9.89. The van der Waals surface area contributed by atoms with E-state index in [-0.39, 0.29) is 11.3 Å². The summed E-state index contributed by atoms with van der Waals surface area (Å²) in [6, 6.07) is 8.04. The summed E-state index contributed by atoms with van der Waals surface area (Å²) in [6.07, 6.45) is 1.89. The Bertz CT molecular complexity index is 535. The topological polar surface area (TPSA) is 38.0 Å². The molecule has 2 aromatic rings. The summed E-state index contributed by atoms with van der Waals surface area (Å²) < 4.78 is 1.73. The molecule has 1 aromatic carbocycles. The van der Waals surface area contributed by atoms with Gasteiger partial charge in [0.05, 0.1) is 5.69 Å². The standard InChI is InChI=1S/C14H18N2O/c1-10-6-5-7-11(8-10)16-9-12(13(17)15-16)14(2,3)4/h5-9H,1-4H3,(H,15,17). The van der Waals surface area contributed by atoms with Gasteiger partial charge < -0.3 is 5.11 Å². The molecule has 1 aromatic heterocycles. The van der Waals surface area contributed by atoms with Crippen LogP contribution in [-0.2, 0) is 5.41 Å². The zero-order valence-electron chi connectivity index (χ0n) is 10.7. The summed E-state index contributed by atoms with van der Waals surface area (Å²) in [5.41, 5.74) is 2.90. The Kier molecular flexibility index (Phi) is 2.69. The Morgan fingerprint density at radius 2 is 1.94 bits per heavy atom. The maximum Gasteiger partial charge on any atom is 0.234 e. The third-order valence-electron chi connectivity index (χ3n) is 2.77. The van der Waals surface area contributed by atoms with Crippen molar-refractivity contribution in [1.29, 1.82) is 0 Å². The Morgan fingerprint density at radius 3 is 2.47 bits per heavy atom. The summed E-state index contributed by atoms with van der Waals surface area (Å²) in [5, 5.41) is 14.0. The molecule has 0 saturated heterocycles. The smallest absolute Gasteiger partial charge is 0.234 e. The van der Waals surface area contributed by atoms with Gasteiger partial charge in [0.1, 0.15) is 0 Å². The van der Waals surface area contributed by atoms with Crippen LogP contribution in [0.3, 0.4) is 0 Å². The molecule has 0 amide bonds. The first-order valence-electron chi connectivity index (χ1n) is 5.74. The number of aromatic nitrogens is 2. The van der Waals surface area contributed by atoms with Gasteiger partial charge >= 0.3 is 0 Å². The molecule has 0 spiro atoms. The molecule has 0 atom stereocenters.